The van der Waals surface area contributed by atoms with Crippen LogP contribution in [0.2, 0.25) is 5.02 Å². The quantitative estimate of drug-likeness (QED) is 0.645. The van der Waals surface area contributed by atoms with Crippen LogP contribution in [0.3, 0.4) is 0 Å². The van der Waals surface area contributed by atoms with Gasteiger partial charge in [-0.05, 0) is 18.1 Å². The van der Waals surface area contributed by atoms with Crippen LogP contribution >= 0.6 is 23.2 Å². The largest absolute Gasteiger partial charge is 0.304 e. The highest BCUT2D eigenvalue weighted by molar-refractivity contribution is 6.31. The SMILES string of the molecule is CCC(c1ccccc1)n1c(CCl)nc2cc(Cl)cnc21. The number of benzene rings is 1. The molecule has 2 heterocycles. The van der Waals surface area contributed by atoms with E-state index in [0.29, 0.717) is 10.9 Å². The predicted octanol–water partition coefficient (Wildman–Crippen LogP) is 4.82. The Morgan fingerprint density at radius 3 is 2.67 bits per heavy atom. The van der Waals surface area contributed by atoms with Gasteiger partial charge in [-0.2, -0.15) is 0 Å². The van der Waals surface area contributed by atoms with Crippen LogP contribution in [-0.2, 0) is 5.88 Å². The molecule has 3 nitrogen and oxygen atoms in total. The molecular weight excluding hydrogens is 305 g/mol. The molecule has 0 saturated heterocycles. The number of hydrogen-bond donors (Lipinski definition) is 0. The first kappa shape index (κ1) is 14.4. The molecule has 1 unspecified atom stereocenters. The molecule has 5 heteroatoms. The molecule has 3 rings (SSSR count). The molecule has 1 atom stereocenters. The first-order valence-corrected chi connectivity index (χ1v) is 7.79. The fourth-order valence-corrected chi connectivity index (χ4v) is 3.01. The van der Waals surface area contributed by atoms with Gasteiger partial charge >= 0.3 is 0 Å². The van der Waals surface area contributed by atoms with Gasteiger partial charge in [0.05, 0.1) is 16.9 Å². The molecule has 0 fully saturated rings. The van der Waals surface area contributed by atoms with Crippen molar-refractivity contribution in [2.45, 2.75) is 25.3 Å². The molecule has 0 amide bonds. The lowest BCUT2D eigenvalue weighted by Gasteiger charge is -2.20. The third kappa shape index (κ3) is 2.63. The molecule has 0 radical (unpaired) electrons. The fourth-order valence-electron chi connectivity index (χ4n) is 2.67. The summed E-state index contributed by atoms with van der Waals surface area (Å²) in [6.45, 7) is 2.15. The van der Waals surface area contributed by atoms with Crippen molar-refractivity contribution in [1.29, 1.82) is 0 Å². The van der Waals surface area contributed by atoms with Crippen LogP contribution in [0.25, 0.3) is 11.2 Å². The fraction of sp³-hybridized carbons (Fsp3) is 0.250. The van der Waals surface area contributed by atoms with Gasteiger partial charge in [0, 0.05) is 6.20 Å². The minimum Gasteiger partial charge on any atom is -0.304 e. The lowest BCUT2D eigenvalue weighted by Crippen LogP contribution is -2.13. The second kappa shape index (κ2) is 6.04. The normalized spacial score (nSPS) is 12.7. The highest BCUT2D eigenvalue weighted by Gasteiger charge is 2.20. The van der Waals surface area contributed by atoms with E-state index < -0.39 is 0 Å². The number of hydrogen-bond acceptors (Lipinski definition) is 2. The molecule has 0 saturated carbocycles. The van der Waals surface area contributed by atoms with E-state index >= 15 is 0 Å². The van der Waals surface area contributed by atoms with Crippen molar-refractivity contribution in [1.82, 2.24) is 14.5 Å². The Hall–Kier alpha value is -1.58. The van der Waals surface area contributed by atoms with Gasteiger partial charge in [0.25, 0.3) is 0 Å². The van der Waals surface area contributed by atoms with Crippen LogP contribution in [-0.4, -0.2) is 14.5 Å². The Labute approximate surface area is 133 Å². The van der Waals surface area contributed by atoms with Gasteiger partial charge in [-0.1, -0.05) is 48.9 Å². The molecule has 0 aliphatic carbocycles. The summed E-state index contributed by atoms with van der Waals surface area (Å²) in [6.07, 6.45) is 2.58. The maximum Gasteiger partial charge on any atom is 0.160 e. The van der Waals surface area contributed by atoms with Gasteiger partial charge in [-0.3, -0.25) is 0 Å². The summed E-state index contributed by atoms with van der Waals surface area (Å²) in [4.78, 5) is 9.02. The number of imidazole rings is 1. The smallest absolute Gasteiger partial charge is 0.160 e. The van der Waals surface area contributed by atoms with Crippen LogP contribution in [0.4, 0.5) is 0 Å². The average Bonchev–Trinajstić information content (AvgIpc) is 2.87. The summed E-state index contributed by atoms with van der Waals surface area (Å²) in [5, 5.41) is 0.584. The van der Waals surface area contributed by atoms with Crippen molar-refractivity contribution in [2.75, 3.05) is 0 Å². The van der Waals surface area contributed by atoms with Crippen molar-refractivity contribution in [2.24, 2.45) is 0 Å². The Bertz CT molecular complexity index is 753. The number of rotatable bonds is 4. The summed E-state index contributed by atoms with van der Waals surface area (Å²) < 4.78 is 2.12. The van der Waals surface area contributed by atoms with E-state index in [0.717, 1.165) is 23.4 Å². The summed E-state index contributed by atoms with van der Waals surface area (Å²) in [7, 11) is 0. The Morgan fingerprint density at radius 2 is 2.00 bits per heavy atom. The Balaban J connectivity index is 2.22. The molecule has 3 aromatic rings. The molecule has 1 aromatic carbocycles. The number of alkyl halides is 1. The summed E-state index contributed by atoms with van der Waals surface area (Å²) >= 11 is 12.1. The van der Waals surface area contributed by atoms with E-state index in [1.165, 1.54) is 5.56 Å². The summed E-state index contributed by atoms with van der Waals surface area (Å²) in [5.74, 6) is 1.16. The number of halogens is 2. The zero-order chi connectivity index (χ0) is 14.8. The van der Waals surface area contributed by atoms with Gasteiger partial charge in [-0.15, -0.1) is 11.6 Å². The van der Waals surface area contributed by atoms with Crippen molar-refractivity contribution in [3.8, 4) is 0 Å². The predicted molar refractivity (Wildman–Crippen MR) is 87.0 cm³/mol. The van der Waals surface area contributed by atoms with Crippen LogP contribution in [0.15, 0.2) is 42.6 Å². The second-order valence-electron chi connectivity index (χ2n) is 4.86. The molecule has 0 N–H and O–H groups in total. The standard InChI is InChI=1S/C16H15Cl2N3/c1-2-14(11-6-4-3-5-7-11)21-15(9-17)20-13-8-12(18)10-19-16(13)21/h3-8,10,14H,2,9H2,1H3. The third-order valence-corrected chi connectivity index (χ3v) is 4.02. The van der Waals surface area contributed by atoms with Gasteiger partial charge in [0.15, 0.2) is 5.65 Å². The maximum absolute atomic E-state index is 6.09. The lowest BCUT2D eigenvalue weighted by atomic mass is 10.0. The number of pyridine rings is 1. The topological polar surface area (TPSA) is 30.7 Å². The average molecular weight is 320 g/mol. The van der Waals surface area contributed by atoms with E-state index in [-0.39, 0.29) is 6.04 Å². The van der Waals surface area contributed by atoms with Gasteiger partial charge in [0.2, 0.25) is 0 Å². The zero-order valence-electron chi connectivity index (χ0n) is 11.6. The van der Waals surface area contributed by atoms with Gasteiger partial charge in [-0.25, -0.2) is 9.97 Å². The number of fused-ring (bicyclic) bond motifs is 1. The maximum atomic E-state index is 6.09. The molecule has 0 aliphatic heterocycles. The lowest BCUT2D eigenvalue weighted by molar-refractivity contribution is 0.561. The van der Waals surface area contributed by atoms with Crippen LogP contribution in [0.5, 0.6) is 0 Å². The molecule has 21 heavy (non-hydrogen) atoms. The molecule has 0 aliphatic rings. The number of nitrogens with zero attached hydrogens (tertiary/aromatic N) is 3. The van der Waals surface area contributed by atoms with Crippen molar-refractivity contribution < 1.29 is 0 Å². The van der Waals surface area contributed by atoms with E-state index in [1.54, 1.807) is 6.20 Å². The second-order valence-corrected chi connectivity index (χ2v) is 5.57. The van der Waals surface area contributed by atoms with Crippen LogP contribution in [0.1, 0.15) is 30.8 Å². The zero-order valence-corrected chi connectivity index (χ0v) is 13.1. The van der Waals surface area contributed by atoms with Gasteiger partial charge < -0.3 is 4.57 Å². The van der Waals surface area contributed by atoms with E-state index in [4.69, 9.17) is 23.2 Å². The highest BCUT2D eigenvalue weighted by Crippen LogP contribution is 2.29. The van der Waals surface area contributed by atoms with Crippen molar-refractivity contribution >= 4 is 34.4 Å². The first-order chi connectivity index (χ1) is 10.2. The van der Waals surface area contributed by atoms with Crippen LogP contribution < -0.4 is 0 Å². The first-order valence-electron chi connectivity index (χ1n) is 6.87. The van der Waals surface area contributed by atoms with E-state index in [1.807, 2.05) is 24.3 Å². The molecule has 108 valence electrons. The Morgan fingerprint density at radius 1 is 1.24 bits per heavy atom. The molecular formula is C16H15Cl2N3. The van der Waals surface area contributed by atoms with Crippen molar-refractivity contribution in [3.05, 3.63) is 59.0 Å². The van der Waals surface area contributed by atoms with Gasteiger partial charge in [0.1, 0.15) is 11.3 Å². The minimum absolute atomic E-state index is 0.165. The summed E-state index contributed by atoms with van der Waals surface area (Å²) in [6, 6.07) is 12.3. The molecule has 0 bridgehead atoms. The highest BCUT2D eigenvalue weighted by atomic mass is 35.5. The molecule has 2 aromatic heterocycles. The van der Waals surface area contributed by atoms with E-state index in [9.17, 15) is 0 Å². The van der Waals surface area contributed by atoms with Crippen LogP contribution in [0, 0.1) is 0 Å². The van der Waals surface area contributed by atoms with Crippen molar-refractivity contribution in [3.63, 3.8) is 0 Å². The third-order valence-electron chi connectivity index (χ3n) is 3.57. The monoisotopic (exact) mass is 319 g/mol. The minimum atomic E-state index is 0.165. The molecule has 0 spiro atoms. The van der Waals surface area contributed by atoms with E-state index in [2.05, 4.69) is 33.6 Å². The number of aromatic nitrogens is 3. The summed E-state index contributed by atoms with van der Waals surface area (Å²) in [5.41, 5.74) is 2.83. The Kier molecular flexibility index (Phi) is 4.13.